The van der Waals surface area contributed by atoms with E-state index in [9.17, 15) is 5.11 Å². The van der Waals surface area contributed by atoms with Crippen LogP contribution in [0, 0.1) is 0 Å². The fourth-order valence-corrected chi connectivity index (χ4v) is 1.82. The summed E-state index contributed by atoms with van der Waals surface area (Å²) >= 11 is 6.04. The molecule has 1 rings (SSSR count). The monoisotopic (exact) mass is 287 g/mol. The second-order valence-electron chi connectivity index (χ2n) is 4.33. The van der Waals surface area contributed by atoms with E-state index in [-0.39, 0.29) is 13.2 Å². The van der Waals surface area contributed by atoms with Crippen LogP contribution < -0.4 is 10.5 Å². The first-order valence-corrected chi connectivity index (χ1v) is 6.92. The highest BCUT2D eigenvalue weighted by molar-refractivity contribution is 6.32. The third-order valence-electron chi connectivity index (χ3n) is 2.64. The van der Waals surface area contributed by atoms with Crippen molar-refractivity contribution in [3.63, 3.8) is 0 Å². The van der Waals surface area contributed by atoms with Crippen LogP contribution in [0.2, 0.25) is 5.02 Å². The number of ether oxygens (including phenoxy) is 2. The van der Waals surface area contributed by atoms with Crippen molar-refractivity contribution in [2.24, 2.45) is 5.73 Å². The van der Waals surface area contributed by atoms with Crippen LogP contribution in [0.3, 0.4) is 0 Å². The summed E-state index contributed by atoms with van der Waals surface area (Å²) in [4.78, 5) is 0. The molecule has 108 valence electrons. The highest BCUT2D eigenvalue weighted by Gasteiger charge is 2.10. The Bertz CT molecular complexity index is 374. The summed E-state index contributed by atoms with van der Waals surface area (Å²) in [7, 11) is 0. The van der Waals surface area contributed by atoms with Crippen LogP contribution in [-0.4, -0.2) is 31.0 Å². The van der Waals surface area contributed by atoms with E-state index in [4.69, 9.17) is 26.8 Å². The van der Waals surface area contributed by atoms with Gasteiger partial charge in [-0.05, 0) is 12.5 Å². The van der Waals surface area contributed by atoms with Crippen LogP contribution in [0.5, 0.6) is 5.75 Å². The van der Waals surface area contributed by atoms with Gasteiger partial charge in [-0.2, -0.15) is 0 Å². The van der Waals surface area contributed by atoms with E-state index in [1.165, 1.54) is 0 Å². The van der Waals surface area contributed by atoms with Crippen molar-refractivity contribution < 1.29 is 14.6 Å². The van der Waals surface area contributed by atoms with Gasteiger partial charge in [0.05, 0.1) is 11.6 Å². The van der Waals surface area contributed by atoms with Crippen LogP contribution in [0.1, 0.15) is 25.3 Å². The Morgan fingerprint density at radius 1 is 1.37 bits per heavy atom. The van der Waals surface area contributed by atoms with E-state index in [0.717, 1.165) is 18.4 Å². The smallest absolute Gasteiger partial charge is 0.142 e. The maximum atomic E-state index is 9.74. The second-order valence-corrected chi connectivity index (χ2v) is 4.73. The molecule has 0 saturated carbocycles. The van der Waals surface area contributed by atoms with Crippen molar-refractivity contribution in [3.05, 3.63) is 28.8 Å². The minimum Gasteiger partial charge on any atom is -0.489 e. The summed E-state index contributed by atoms with van der Waals surface area (Å²) in [6, 6.07) is 5.41. The van der Waals surface area contributed by atoms with E-state index in [0.29, 0.717) is 23.9 Å². The lowest BCUT2D eigenvalue weighted by Crippen LogP contribution is -2.24. The molecule has 0 heterocycles. The first-order chi connectivity index (χ1) is 9.19. The number of benzene rings is 1. The zero-order chi connectivity index (χ0) is 14.1. The number of hydrogen-bond acceptors (Lipinski definition) is 4. The van der Waals surface area contributed by atoms with Crippen LogP contribution in [0.15, 0.2) is 18.2 Å². The molecule has 0 aliphatic rings. The van der Waals surface area contributed by atoms with Crippen molar-refractivity contribution in [1.82, 2.24) is 0 Å². The standard InChI is InChI=1S/C14H22ClNO3/c1-2-3-7-18-9-12(17)10-19-14-11(8-16)5-4-6-13(14)15/h4-6,12,17H,2-3,7-10,16H2,1H3. The molecule has 0 bridgehead atoms. The van der Waals surface area contributed by atoms with Crippen molar-refractivity contribution in [1.29, 1.82) is 0 Å². The third kappa shape index (κ3) is 5.78. The Hall–Kier alpha value is -0.810. The van der Waals surface area contributed by atoms with Gasteiger partial charge >= 0.3 is 0 Å². The van der Waals surface area contributed by atoms with E-state index >= 15 is 0 Å². The summed E-state index contributed by atoms with van der Waals surface area (Å²) in [6.07, 6.45) is 1.40. The highest BCUT2D eigenvalue weighted by atomic mass is 35.5. The van der Waals surface area contributed by atoms with Crippen LogP contribution >= 0.6 is 11.6 Å². The van der Waals surface area contributed by atoms with Gasteiger partial charge in [0.1, 0.15) is 18.5 Å². The molecular weight excluding hydrogens is 266 g/mol. The number of aliphatic hydroxyl groups excluding tert-OH is 1. The number of hydrogen-bond donors (Lipinski definition) is 2. The fraction of sp³-hybridized carbons (Fsp3) is 0.571. The van der Waals surface area contributed by atoms with Gasteiger partial charge < -0.3 is 20.3 Å². The molecule has 1 aromatic carbocycles. The van der Waals surface area contributed by atoms with Gasteiger partial charge in [0.25, 0.3) is 0 Å². The van der Waals surface area contributed by atoms with Crippen molar-refractivity contribution >= 4 is 11.6 Å². The molecular formula is C14H22ClNO3. The molecule has 0 radical (unpaired) electrons. The minimum absolute atomic E-state index is 0.142. The molecule has 0 amide bonds. The van der Waals surface area contributed by atoms with Crippen molar-refractivity contribution in [2.45, 2.75) is 32.4 Å². The predicted molar refractivity (Wildman–Crippen MR) is 76.6 cm³/mol. The van der Waals surface area contributed by atoms with E-state index < -0.39 is 6.10 Å². The number of halogens is 1. The lowest BCUT2D eigenvalue weighted by molar-refractivity contribution is 0.0111. The molecule has 3 N–H and O–H groups in total. The van der Waals surface area contributed by atoms with Gasteiger partial charge in [0, 0.05) is 18.7 Å². The van der Waals surface area contributed by atoms with Gasteiger partial charge in [0.2, 0.25) is 0 Å². The van der Waals surface area contributed by atoms with Crippen molar-refractivity contribution in [2.75, 3.05) is 19.8 Å². The van der Waals surface area contributed by atoms with Gasteiger partial charge in [0.15, 0.2) is 0 Å². The third-order valence-corrected chi connectivity index (χ3v) is 2.94. The topological polar surface area (TPSA) is 64.7 Å². The molecule has 1 unspecified atom stereocenters. The zero-order valence-electron chi connectivity index (χ0n) is 11.3. The summed E-state index contributed by atoms with van der Waals surface area (Å²) in [5.74, 6) is 0.541. The zero-order valence-corrected chi connectivity index (χ0v) is 12.0. The van der Waals surface area contributed by atoms with E-state index in [2.05, 4.69) is 6.92 Å². The highest BCUT2D eigenvalue weighted by Crippen LogP contribution is 2.28. The minimum atomic E-state index is -0.668. The summed E-state index contributed by atoms with van der Waals surface area (Å²) in [5, 5.41) is 10.2. The number of nitrogens with two attached hydrogens (primary N) is 1. The molecule has 1 atom stereocenters. The van der Waals surface area contributed by atoms with Crippen LogP contribution in [-0.2, 0) is 11.3 Å². The Kier molecular flexibility index (Phi) is 7.82. The largest absolute Gasteiger partial charge is 0.489 e. The maximum absolute atomic E-state index is 9.74. The Morgan fingerprint density at radius 3 is 2.84 bits per heavy atom. The first-order valence-electron chi connectivity index (χ1n) is 6.55. The molecule has 1 aromatic rings. The first kappa shape index (κ1) is 16.2. The average Bonchev–Trinajstić information content (AvgIpc) is 2.42. The Labute approximate surface area is 119 Å². The lowest BCUT2D eigenvalue weighted by Gasteiger charge is -2.15. The summed E-state index contributed by atoms with van der Waals surface area (Å²) < 4.78 is 10.9. The molecule has 0 aliphatic heterocycles. The van der Waals surface area contributed by atoms with Crippen LogP contribution in [0.25, 0.3) is 0 Å². The predicted octanol–water partition coefficient (Wildman–Crippen LogP) is 2.36. The molecule has 0 aromatic heterocycles. The van der Waals surface area contributed by atoms with Gasteiger partial charge in [-0.3, -0.25) is 0 Å². The Balaban J connectivity index is 2.39. The molecule has 19 heavy (non-hydrogen) atoms. The molecule has 0 fully saturated rings. The van der Waals surface area contributed by atoms with Crippen molar-refractivity contribution in [3.8, 4) is 5.75 Å². The van der Waals surface area contributed by atoms with Gasteiger partial charge in [-0.25, -0.2) is 0 Å². The van der Waals surface area contributed by atoms with Crippen LogP contribution in [0.4, 0.5) is 0 Å². The number of rotatable bonds is 9. The van der Waals surface area contributed by atoms with E-state index in [1.807, 2.05) is 12.1 Å². The molecule has 0 aliphatic carbocycles. The quantitative estimate of drug-likeness (QED) is 0.684. The normalized spacial score (nSPS) is 12.4. The summed E-state index contributed by atoms with van der Waals surface area (Å²) in [6.45, 7) is 3.51. The Morgan fingerprint density at radius 2 is 2.16 bits per heavy atom. The molecule has 4 nitrogen and oxygen atoms in total. The number of aliphatic hydroxyl groups is 1. The fourth-order valence-electron chi connectivity index (χ4n) is 1.57. The molecule has 0 spiro atoms. The van der Waals surface area contributed by atoms with E-state index in [1.54, 1.807) is 6.07 Å². The van der Waals surface area contributed by atoms with Gasteiger partial charge in [-0.1, -0.05) is 37.1 Å². The SMILES string of the molecule is CCCCOCC(O)COc1c(Cl)cccc1CN. The van der Waals surface area contributed by atoms with Gasteiger partial charge in [-0.15, -0.1) is 0 Å². The average molecular weight is 288 g/mol. The second kappa shape index (κ2) is 9.15. The molecule has 0 saturated heterocycles. The molecule has 5 heteroatoms. The maximum Gasteiger partial charge on any atom is 0.142 e. The summed E-state index contributed by atoms with van der Waals surface area (Å²) in [5.41, 5.74) is 6.44. The lowest BCUT2D eigenvalue weighted by atomic mass is 10.2. The number of unbranched alkanes of at least 4 members (excludes halogenated alkanes) is 1. The number of para-hydroxylation sites is 1.